The van der Waals surface area contributed by atoms with E-state index in [2.05, 4.69) is 15.5 Å². The van der Waals surface area contributed by atoms with Crippen LogP contribution < -0.4 is 10.1 Å². The first-order valence-electron chi connectivity index (χ1n) is 10.4. The van der Waals surface area contributed by atoms with Gasteiger partial charge >= 0.3 is 0 Å². The lowest BCUT2D eigenvalue weighted by atomic mass is 10.2. The van der Waals surface area contributed by atoms with Gasteiger partial charge in [0, 0.05) is 28.4 Å². The number of methoxy groups -OCH3 is 1. The Kier molecular flexibility index (Phi) is 7.32. The Morgan fingerprint density at radius 1 is 1.03 bits per heavy atom. The monoisotopic (exact) mass is 478 g/mol. The number of amides is 1. The number of ether oxygens (including phenoxy) is 1. The van der Waals surface area contributed by atoms with E-state index in [1.807, 2.05) is 90.4 Å². The molecule has 6 nitrogen and oxygen atoms in total. The van der Waals surface area contributed by atoms with Gasteiger partial charge < -0.3 is 10.1 Å². The summed E-state index contributed by atoms with van der Waals surface area (Å²) in [5, 5.41) is 12.7. The number of nitrogens with one attached hydrogen (secondary N) is 1. The van der Waals surface area contributed by atoms with E-state index in [0.29, 0.717) is 22.5 Å². The highest BCUT2D eigenvalue weighted by molar-refractivity contribution is 8.00. The fourth-order valence-corrected chi connectivity index (χ4v) is 4.35. The van der Waals surface area contributed by atoms with Gasteiger partial charge in [-0.15, -0.1) is 10.2 Å². The van der Waals surface area contributed by atoms with E-state index in [4.69, 9.17) is 16.3 Å². The first-order chi connectivity index (χ1) is 16.1. The van der Waals surface area contributed by atoms with E-state index in [0.717, 1.165) is 22.6 Å². The third kappa shape index (κ3) is 5.38. The van der Waals surface area contributed by atoms with Gasteiger partial charge in [0.1, 0.15) is 5.75 Å². The summed E-state index contributed by atoms with van der Waals surface area (Å²) in [4.78, 5) is 12.8. The van der Waals surface area contributed by atoms with Crippen molar-refractivity contribution in [2.45, 2.75) is 23.9 Å². The zero-order chi connectivity index (χ0) is 23.2. The molecule has 0 bridgehead atoms. The normalized spacial score (nSPS) is 11.7. The number of aromatic nitrogens is 3. The van der Waals surface area contributed by atoms with E-state index in [9.17, 15) is 4.79 Å². The summed E-state index contributed by atoms with van der Waals surface area (Å²) in [6.45, 7) is 2.24. The molecule has 0 radical (unpaired) electrons. The van der Waals surface area contributed by atoms with Crippen LogP contribution in [0.25, 0.3) is 17.1 Å². The highest BCUT2D eigenvalue weighted by atomic mass is 35.5. The lowest BCUT2D eigenvalue weighted by molar-refractivity contribution is -0.120. The molecule has 33 heavy (non-hydrogen) atoms. The summed E-state index contributed by atoms with van der Waals surface area (Å²) in [7, 11) is 1.62. The van der Waals surface area contributed by atoms with Crippen LogP contribution in [0.2, 0.25) is 5.02 Å². The van der Waals surface area contributed by atoms with Crippen LogP contribution in [0.3, 0.4) is 0 Å². The summed E-state index contributed by atoms with van der Waals surface area (Å²) >= 11 is 7.42. The van der Waals surface area contributed by atoms with Crippen molar-refractivity contribution in [3.63, 3.8) is 0 Å². The topological polar surface area (TPSA) is 69.0 Å². The average Bonchev–Trinajstić information content (AvgIpc) is 3.27. The number of carbonyl (C=O) groups is 1. The van der Waals surface area contributed by atoms with Crippen LogP contribution in [0.5, 0.6) is 5.75 Å². The van der Waals surface area contributed by atoms with Crippen molar-refractivity contribution in [2.75, 3.05) is 7.11 Å². The summed E-state index contributed by atoms with van der Waals surface area (Å²) in [5.74, 6) is 1.33. The third-order valence-corrected chi connectivity index (χ3v) is 6.34. The van der Waals surface area contributed by atoms with Crippen LogP contribution in [0.15, 0.2) is 84.0 Å². The molecule has 0 spiro atoms. The van der Waals surface area contributed by atoms with Crippen molar-refractivity contribution in [1.82, 2.24) is 20.1 Å². The van der Waals surface area contributed by atoms with E-state index in [1.165, 1.54) is 11.8 Å². The molecule has 1 atom stereocenters. The SMILES string of the molecule is COc1ccccc1CNC(=O)C(C)Sc1nnc(-c2ccc(Cl)cc2)n1-c1ccccc1. The van der Waals surface area contributed by atoms with Crippen LogP contribution in [0.1, 0.15) is 12.5 Å². The van der Waals surface area contributed by atoms with Crippen LogP contribution in [0, 0.1) is 0 Å². The van der Waals surface area contributed by atoms with Crippen molar-refractivity contribution < 1.29 is 9.53 Å². The standard InChI is InChI=1S/C25H23ClN4O2S/c1-17(24(31)27-16-19-8-6-7-11-22(19)32-2)33-25-29-28-23(18-12-14-20(26)15-13-18)30(25)21-9-4-3-5-10-21/h3-15,17H,16H2,1-2H3,(H,27,31). The summed E-state index contributed by atoms with van der Waals surface area (Å²) in [6.07, 6.45) is 0. The van der Waals surface area contributed by atoms with Crippen LogP contribution in [-0.4, -0.2) is 33.0 Å². The van der Waals surface area contributed by atoms with Gasteiger partial charge in [-0.1, -0.05) is 59.8 Å². The Morgan fingerprint density at radius 2 is 1.73 bits per heavy atom. The molecule has 4 aromatic rings. The van der Waals surface area contributed by atoms with Gasteiger partial charge in [-0.05, 0) is 49.4 Å². The molecule has 3 aromatic carbocycles. The maximum absolute atomic E-state index is 12.8. The van der Waals surface area contributed by atoms with Gasteiger partial charge in [-0.25, -0.2) is 0 Å². The van der Waals surface area contributed by atoms with Gasteiger partial charge in [-0.3, -0.25) is 9.36 Å². The second kappa shape index (κ2) is 10.6. The number of nitrogens with zero attached hydrogens (tertiary/aromatic N) is 3. The van der Waals surface area contributed by atoms with Gasteiger partial charge in [-0.2, -0.15) is 0 Å². The molecule has 0 aliphatic heterocycles. The van der Waals surface area contributed by atoms with E-state index >= 15 is 0 Å². The fourth-order valence-electron chi connectivity index (χ4n) is 3.33. The molecular formula is C25H23ClN4O2S. The summed E-state index contributed by atoms with van der Waals surface area (Å²) < 4.78 is 7.32. The van der Waals surface area contributed by atoms with Crippen LogP contribution in [0.4, 0.5) is 0 Å². The van der Waals surface area contributed by atoms with Crippen molar-refractivity contribution >= 4 is 29.3 Å². The molecule has 1 amide bonds. The van der Waals surface area contributed by atoms with Crippen LogP contribution >= 0.6 is 23.4 Å². The van der Waals surface area contributed by atoms with Gasteiger partial charge in [0.05, 0.1) is 12.4 Å². The van der Waals surface area contributed by atoms with E-state index < -0.39 is 0 Å². The van der Waals surface area contributed by atoms with Crippen molar-refractivity contribution in [3.05, 3.63) is 89.4 Å². The first kappa shape index (κ1) is 22.9. The molecule has 0 fully saturated rings. The molecule has 0 aliphatic carbocycles. The van der Waals surface area contributed by atoms with Crippen molar-refractivity contribution in [1.29, 1.82) is 0 Å². The van der Waals surface area contributed by atoms with Crippen LogP contribution in [-0.2, 0) is 11.3 Å². The molecule has 168 valence electrons. The molecule has 1 unspecified atom stereocenters. The fraction of sp³-hybridized carbons (Fsp3) is 0.160. The summed E-state index contributed by atoms with van der Waals surface area (Å²) in [5.41, 5.74) is 2.72. The number of benzene rings is 3. The molecule has 0 saturated heterocycles. The minimum Gasteiger partial charge on any atom is -0.496 e. The Labute approximate surface area is 202 Å². The smallest absolute Gasteiger partial charge is 0.233 e. The molecular weight excluding hydrogens is 456 g/mol. The zero-order valence-electron chi connectivity index (χ0n) is 18.2. The zero-order valence-corrected chi connectivity index (χ0v) is 19.8. The molecule has 1 N–H and O–H groups in total. The summed E-state index contributed by atoms with van der Waals surface area (Å²) in [6, 6.07) is 24.9. The molecule has 0 saturated carbocycles. The Morgan fingerprint density at radius 3 is 2.45 bits per heavy atom. The lowest BCUT2D eigenvalue weighted by Gasteiger charge is -2.15. The molecule has 4 rings (SSSR count). The molecule has 8 heteroatoms. The lowest BCUT2D eigenvalue weighted by Crippen LogP contribution is -2.30. The van der Waals surface area contributed by atoms with Gasteiger partial charge in [0.15, 0.2) is 11.0 Å². The average molecular weight is 479 g/mol. The second-order valence-electron chi connectivity index (χ2n) is 7.27. The van der Waals surface area contributed by atoms with E-state index in [-0.39, 0.29) is 11.2 Å². The predicted octanol–water partition coefficient (Wildman–Crippen LogP) is 5.39. The van der Waals surface area contributed by atoms with Gasteiger partial charge in [0.25, 0.3) is 0 Å². The number of carbonyl (C=O) groups excluding carboxylic acids is 1. The molecule has 0 aliphatic rings. The van der Waals surface area contributed by atoms with Gasteiger partial charge in [0.2, 0.25) is 5.91 Å². The second-order valence-corrected chi connectivity index (χ2v) is 9.02. The highest BCUT2D eigenvalue weighted by Gasteiger charge is 2.22. The number of para-hydroxylation sites is 2. The Balaban J connectivity index is 1.56. The highest BCUT2D eigenvalue weighted by Crippen LogP contribution is 2.30. The maximum Gasteiger partial charge on any atom is 0.233 e. The number of halogens is 1. The number of rotatable bonds is 8. The number of hydrogen-bond donors (Lipinski definition) is 1. The maximum atomic E-state index is 12.8. The predicted molar refractivity (Wildman–Crippen MR) is 132 cm³/mol. The molecule has 1 heterocycles. The minimum atomic E-state index is -0.385. The largest absolute Gasteiger partial charge is 0.496 e. The van der Waals surface area contributed by atoms with Crippen molar-refractivity contribution in [2.24, 2.45) is 0 Å². The van der Waals surface area contributed by atoms with Crippen molar-refractivity contribution in [3.8, 4) is 22.8 Å². The minimum absolute atomic E-state index is 0.0958. The Bertz CT molecular complexity index is 1230. The number of thioether (sulfide) groups is 1. The third-order valence-electron chi connectivity index (χ3n) is 5.05. The van der Waals surface area contributed by atoms with E-state index in [1.54, 1.807) is 7.11 Å². The first-order valence-corrected chi connectivity index (χ1v) is 11.7. The molecule has 1 aromatic heterocycles. The quantitative estimate of drug-likeness (QED) is 0.344. The number of hydrogen-bond acceptors (Lipinski definition) is 5. The Hall–Kier alpha value is -3.29.